The van der Waals surface area contributed by atoms with Gasteiger partial charge in [-0.3, -0.25) is 0 Å². The quantitative estimate of drug-likeness (QED) is 0.840. The van der Waals surface area contributed by atoms with Crippen molar-refractivity contribution in [3.8, 4) is 11.5 Å². The third-order valence-corrected chi connectivity index (χ3v) is 3.19. The third kappa shape index (κ3) is 3.87. The smallest absolute Gasteiger partial charge is 0.136 e. The van der Waals surface area contributed by atoms with Crippen LogP contribution in [0.3, 0.4) is 0 Å². The fourth-order valence-electron chi connectivity index (χ4n) is 1.56. The molecule has 0 saturated carbocycles. The van der Waals surface area contributed by atoms with Crippen molar-refractivity contribution < 1.29 is 14.6 Å². The lowest BCUT2D eigenvalue weighted by Crippen LogP contribution is -2.20. The molecule has 0 aliphatic rings. The molecule has 0 aromatic heterocycles. The Morgan fingerprint density at radius 1 is 1.29 bits per heavy atom. The van der Waals surface area contributed by atoms with Crippen molar-refractivity contribution in [1.82, 2.24) is 0 Å². The largest absolute Gasteiger partial charge is 0.496 e. The lowest BCUT2D eigenvalue weighted by Gasteiger charge is -2.13. The maximum absolute atomic E-state index is 9.45. The Labute approximate surface area is 110 Å². The van der Waals surface area contributed by atoms with E-state index in [1.165, 1.54) is 0 Å². The minimum Gasteiger partial charge on any atom is -0.496 e. The molecule has 0 heterocycles. The topological polar surface area (TPSA) is 64.7 Å². The van der Waals surface area contributed by atoms with Gasteiger partial charge in [-0.1, -0.05) is 0 Å². The minimum absolute atomic E-state index is 0.277. The zero-order chi connectivity index (χ0) is 12.8. The van der Waals surface area contributed by atoms with Crippen LogP contribution >= 0.6 is 15.9 Å². The maximum atomic E-state index is 9.45. The standard InChI is InChI=1S/C12H18BrNO3/c1-16-11-6-12(17-2)10(13)5-8(11)3-4-9(15)7-14/h5-6,9,15H,3-4,7,14H2,1-2H3. The molecule has 0 amide bonds. The van der Waals surface area contributed by atoms with Crippen molar-refractivity contribution in [1.29, 1.82) is 0 Å². The summed E-state index contributed by atoms with van der Waals surface area (Å²) in [5.74, 6) is 1.49. The Morgan fingerprint density at radius 2 is 1.94 bits per heavy atom. The molecular weight excluding hydrogens is 286 g/mol. The summed E-state index contributed by atoms with van der Waals surface area (Å²) in [7, 11) is 3.23. The average molecular weight is 304 g/mol. The molecule has 0 aliphatic heterocycles. The summed E-state index contributed by atoms with van der Waals surface area (Å²) in [5, 5.41) is 9.45. The first-order valence-electron chi connectivity index (χ1n) is 5.40. The molecule has 1 rings (SSSR count). The first kappa shape index (κ1) is 14.3. The van der Waals surface area contributed by atoms with Gasteiger partial charge in [0.1, 0.15) is 11.5 Å². The van der Waals surface area contributed by atoms with Gasteiger partial charge in [0, 0.05) is 12.6 Å². The number of methoxy groups -OCH3 is 2. The van der Waals surface area contributed by atoms with E-state index in [0.717, 1.165) is 21.5 Å². The van der Waals surface area contributed by atoms with Crippen molar-refractivity contribution in [2.75, 3.05) is 20.8 Å². The first-order valence-corrected chi connectivity index (χ1v) is 6.20. The molecule has 0 aliphatic carbocycles. The van der Waals surface area contributed by atoms with Crippen LogP contribution in [0.5, 0.6) is 11.5 Å². The highest BCUT2D eigenvalue weighted by atomic mass is 79.9. The number of hydrogen-bond acceptors (Lipinski definition) is 4. The monoisotopic (exact) mass is 303 g/mol. The number of hydrogen-bond donors (Lipinski definition) is 2. The number of aryl methyl sites for hydroxylation is 1. The number of ether oxygens (including phenoxy) is 2. The molecule has 0 saturated heterocycles. The highest BCUT2D eigenvalue weighted by Crippen LogP contribution is 2.33. The van der Waals surface area contributed by atoms with Crippen LogP contribution in [0.1, 0.15) is 12.0 Å². The molecule has 5 heteroatoms. The number of halogens is 1. The van der Waals surface area contributed by atoms with Gasteiger partial charge in [0.25, 0.3) is 0 Å². The lowest BCUT2D eigenvalue weighted by molar-refractivity contribution is 0.173. The van der Waals surface area contributed by atoms with Gasteiger partial charge in [-0.05, 0) is 40.4 Å². The summed E-state index contributed by atoms with van der Waals surface area (Å²) in [5.41, 5.74) is 6.39. The summed E-state index contributed by atoms with van der Waals surface area (Å²) >= 11 is 3.43. The summed E-state index contributed by atoms with van der Waals surface area (Å²) in [6, 6.07) is 3.77. The summed E-state index contributed by atoms with van der Waals surface area (Å²) < 4.78 is 11.4. The van der Waals surface area contributed by atoms with Crippen molar-refractivity contribution in [3.63, 3.8) is 0 Å². The first-order chi connectivity index (χ1) is 8.12. The summed E-state index contributed by atoms with van der Waals surface area (Å²) in [6.07, 6.45) is 0.857. The van der Waals surface area contributed by atoms with Crippen LogP contribution in [-0.4, -0.2) is 32.0 Å². The fraction of sp³-hybridized carbons (Fsp3) is 0.500. The van der Waals surface area contributed by atoms with E-state index in [-0.39, 0.29) is 6.54 Å². The Hall–Kier alpha value is -0.780. The van der Waals surface area contributed by atoms with E-state index in [9.17, 15) is 5.11 Å². The molecule has 0 fully saturated rings. The van der Waals surface area contributed by atoms with Crippen molar-refractivity contribution >= 4 is 15.9 Å². The van der Waals surface area contributed by atoms with Crippen LogP contribution in [0.15, 0.2) is 16.6 Å². The number of rotatable bonds is 6. The van der Waals surface area contributed by atoms with Crippen LogP contribution in [0.25, 0.3) is 0 Å². The molecule has 1 atom stereocenters. The summed E-state index contributed by atoms with van der Waals surface area (Å²) in [4.78, 5) is 0. The average Bonchev–Trinajstić information content (AvgIpc) is 2.35. The number of benzene rings is 1. The van der Waals surface area contributed by atoms with Gasteiger partial charge in [-0.2, -0.15) is 0 Å². The molecule has 1 aromatic rings. The molecule has 4 nitrogen and oxygen atoms in total. The number of nitrogens with two attached hydrogens (primary N) is 1. The molecule has 0 bridgehead atoms. The Morgan fingerprint density at radius 3 is 2.47 bits per heavy atom. The number of aliphatic hydroxyl groups is 1. The molecule has 1 unspecified atom stereocenters. The molecule has 0 spiro atoms. The zero-order valence-corrected chi connectivity index (χ0v) is 11.7. The number of aliphatic hydroxyl groups excluding tert-OH is 1. The Bertz CT molecular complexity index is 371. The van der Waals surface area contributed by atoms with Crippen LogP contribution in [0.4, 0.5) is 0 Å². The second kappa shape index (κ2) is 6.83. The predicted octanol–water partition coefficient (Wildman–Crippen LogP) is 1.72. The van der Waals surface area contributed by atoms with Gasteiger partial charge >= 0.3 is 0 Å². The molecule has 3 N–H and O–H groups in total. The second-order valence-electron chi connectivity index (χ2n) is 3.73. The SMILES string of the molecule is COc1cc(OC)c(CCC(O)CN)cc1Br. The van der Waals surface area contributed by atoms with Crippen LogP contribution in [0.2, 0.25) is 0 Å². The molecule has 96 valence electrons. The van der Waals surface area contributed by atoms with E-state index in [0.29, 0.717) is 12.8 Å². The predicted molar refractivity (Wildman–Crippen MR) is 70.6 cm³/mol. The lowest BCUT2D eigenvalue weighted by atomic mass is 10.1. The van der Waals surface area contributed by atoms with Crippen LogP contribution in [-0.2, 0) is 6.42 Å². The van der Waals surface area contributed by atoms with Gasteiger partial charge in [0.2, 0.25) is 0 Å². The van der Waals surface area contributed by atoms with Crippen molar-refractivity contribution in [2.24, 2.45) is 5.73 Å². The van der Waals surface area contributed by atoms with Gasteiger partial charge < -0.3 is 20.3 Å². The second-order valence-corrected chi connectivity index (χ2v) is 4.58. The van der Waals surface area contributed by atoms with Gasteiger partial charge in [-0.15, -0.1) is 0 Å². The van der Waals surface area contributed by atoms with Gasteiger partial charge in [0.05, 0.1) is 24.8 Å². The molecule has 17 heavy (non-hydrogen) atoms. The van der Waals surface area contributed by atoms with Crippen LogP contribution < -0.4 is 15.2 Å². The highest BCUT2D eigenvalue weighted by molar-refractivity contribution is 9.10. The van der Waals surface area contributed by atoms with Gasteiger partial charge in [0.15, 0.2) is 0 Å². The van der Waals surface area contributed by atoms with Crippen molar-refractivity contribution in [3.05, 3.63) is 22.2 Å². The zero-order valence-electron chi connectivity index (χ0n) is 10.1. The molecular formula is C12H18BrNO3. The summed E-state index contributed by atoms with van der Waals surface area (Å²) in [6.45, 7) is 0.277. The van der Waals surface area contributed by atoms with E-state index in [1.54, 1.807) is 14.2 Å². The maximum Gasteiger partial charge on any atom is 0.136 e. The van der Waals surface area contributed by atoms with Crippen molar-refractivity contribution in [2.45, 2.75) is 18.9 Å². The fourth-order valence-corrected chi connectivity index (χ4v) is 2.11. The van der Waals surface area contributed by atoms with E-state index in [2.05, 4.69) is 15.9 Å². The Balaban J connectivity index is 2.87. The normalized spacial score (nSPS) is 12.3. The van der Waals surface area contributed by atoms with E-state index >= 15 is 0 Å². The van der Waals surface area contributed by atoms with Crippen LogP contribution in [0, 0.1) is 0 Å². The highest BCUT2D eigenvalue weighted by Gasteiger charge is 2.11. The van der Waals surface area contributed by atoms with E-state index < -0.39 is 6.10 Å². The molecule has 1 aromatic carbocycles. The molecule has 0 radical (unpaired) electrons. The Kier molecular flexibility index (Phi) is 5.74. The minimum atomic E-state index is -0.472. The third-order valence-electron chi connectivity index (χ3n) is 2.57. The van der Waals surface area contributed by atoms with E-state index in [4.69, 9.17) is 15.2 Å². The van der Waals surface area contributed by atoms with E-state index in [1.807, 2.05) is 12.1 Å². The van der Waals surface area contributed by atoms with Gasteiger partial charge in [-0.25, -0.2) is 0 Å².